The zero-order valence-corrected chi connectivity index (χ0v) is 6.51. The van der Waals surface area contributed by atoms with Gasteiger partial charge in [0.1, 0.15) is 0 Å². The molecule has 4 heteroatoms. The molecule has 1 aromatic rings. The van der Waals surface area contributed by atoms with Crippen LogP contribution in [0.1, 0.15) is 12.5 Å². The van der Waals surface area contributed by atoms with Crippen LogP contribution in [-0.2, 0) is 11.2 Å². The van der Waals surface area contributed by atoms with Gasteiger partial charge in [-0.15, -0.1) is 0 Å². The summed E-state index contributed by atoms with van der Waals surface area (Å²) >= 11 is 0. The fraction of sp³-hybridized carbons (Fsp3) is 0.375. The van der Waals surface area contributed by atoms with Crippen molar-refractivity contribution in [3.63, 3.8) is 0 Å². The van der Waals surface area contributed by atoms with Crippen LogP contribution in [0.5, 0.6) is 0 Å². The molecule has 0 unspecified atom stereocenters. The average molecular weight is 174 g/mol. The molecular weight excluding hydrogens is 166 g/mol. The molecule has 0 saturated heterocycles. The summed E-state index contributed by atoms with van der Waals surface area (Å²) in [6.07, 6.45) is 2.35. The summed E-state index contributed by atoms with van der Waals surface area (Å²) in [7, 11) is 0. The standard InChI is InChI=1S/C8H8F2O2/c1-8(9,10)7(11)4-6-2-3-12-5-6/h2-3,5H,4H2,1H3. The Morgan fingerprint density at radius 2 is 2.33 bits per heavy atom. The molecule has 1 aromatic heterocycles. The molecule has 1 heterocycles. The molecule has 0 amide bonds. The molecule has 0 N–H and O–H groups in total. The van der Waals surface area contributed by atoms with Gasteiger partial charge in [-0.25, -0.2) is 0 Å². The van der Waals surface area contributed by atoms with Gasteiger partial charge in [0.05, 0.1) is 12.5 Å². The van der Waals surface area contributed by atoms with Crippen molar-refractivity contribution in [3.8, 4) is 0 Å². The summed E-state index contributed by atoms with van der Waals surface area (Å²) in [5.41, 5.74) is 0.474. The van der Waals surface area contributed by atoms with E-state index in [1.165, 1.54) is 18.6 Å². The minimum absolute atomic E-state index is 0.278. The first kappa shape index (κ1) is 8.90. The summed E-state index contributed by atoms with van der Waals surface area (Å²) in [6.45, 7) is 0.593. The Labute approximate surface area is 68.2 Å². The molecule has 12 heavy (non-hydrogen) atoms. The monoisotopic (exact) mass is 174 g/mol. The maximum Gasteiger partial charge on any atom is 0.302 e. The van der Waals surface area contributed by atoms with E-state index in [-0.39, 0.29) is 6.42 Å². The SMILES string of the molecule is CC(F)(F)C(=O)Cc1ccoc1. The van der Waals surface area contributed by atoms with E-state index < -0.39 is 11.7 Å². The van der Waals surface area contributed by atoms with Crippen molar-refractivity contribution in [2.75, 3.05) is 0 Å². The number of halogens is 2. The van der Waals surface area contributed by atoms with Crippen LogP contribution >= 0.6 is 0 Å². The molecule has 0 spiro atoms. The van der Waals surface area contributed by atoms with E-state index >= 15 is 0 Å². The fourth-order valence-electron chi connectivity index (χ4n) is 0.734. The number of Topliss-reactive ketones (excluding diaryl/α,β-unsaturated/α-hetero) is 1. The highest BCUT2D eigenvalue weighted by molar-refractivity contribution is 5.87. The van der Waals surface area contributed by atoms with Crippen LogP contribution in [0.25, 0.3) is 0 Å². The van der Waals surface area contributed by atoms with Gasteiger partial charge in [0, 0.05) is 13.3 Å². The van der Waals surface area contributed by atoms with Crippen LogP contribution in [-0.4, -0.2) is 11.7 Å². The van der Waals surface area contributed by atoms with E-state index in [0.717, 1.165) is 0 Å². The molecule has 0 radical (unpaired) electrons. The van der Waals surface area contributed by atoms with Gasteiger partial charge in [0.15, 0.2) is 0 Å². The van der Waals surface area contributed by atoms with E-state index in [9.17, 15) is 13.6 Å². The number of carbonyl (C=O) groups excluding carboxylic acids is 1. The van der Waals surface area contributed by atoms with Gasteiger partial charge in [-0.2, -0.15) is 8.78 Å². The van der Waals surface area contributed by atoms with Crippen LogP contribution in [0, 0.1) is 0 Å². The second-order valence-corrected chi connectivity index (χ2v) is 2.62. The Balaban J connectivity index is 2.60. The van der Waals surface area contributed by atoms with Gasteiger partial charge in [-0.3, -0.25) is 4.79 Å². The highest BCUT2D eigenvalue weighted by Gasteiger charge is 2.31. The predicted octanol–water partition coefficient (Wildman–Crippen LogP) is 2.05. The summed E-state index contributed by atoms with van der Waals surface area (Å²) in [4.78, 5) is 10.7. The second-order valence-electron chi connectivity index (χ2n) is 2.62. The Morgan fingerprint density at radius 1 is 1.67 bits per heavy atom. The van der Waals surface area contributed by atoms with Gasteiger partial charge in [0.25, 0.3) is 0 Å². The lowest BCUT2D eigenvalue weighted by Crippen LogP contribution is -2.25. The first-order valence-electron chi connectivity index (χ1n) is 3.42. The molecule has 2 nitrogen and oxygen atoms in total. The molecule has 0 atom stereocenters. The second kappa shape index (κ2) is 3.05. The van der Waals surface area contributed by atoms with Crippen molar-refractivity contribution >= 4 is 5.78 Å². The van der Waals surface area contributed by atoms with E-state index in [0.29, 0.717) is 12.5 Å². The molecule has 0 bridgehead atoms. The third-order valence-corrected chi connectivity index (χ3v) is 1.43. The van der Waals surface area contributed by atoms with E-state index in [1.54, 1.807) is 0 Å². The molecule has 0 fully saturated rings. The maximum absolute atomic E-state index is 12.3. The molecule has 0 aliphatic heterocycles. The molecule has 0 aromatic carbocycles. The number of hydrogen-bond acceptors (Lipinski definition) is 2. The summed E-state index contributed by atoms with van der Waals surface area (Å²) in [5, 5.41) is 0. The highest BCUT2D eigenvalue weighted by atomic mass is 19.3. The quantitative estimate of drug-likeness (QED) is 0.701. The molecule has 66 valence electrons. The molecular formula is C8H8F2O2. The minimum atomic E-state index is -3.25. The predicted molar refractivity (Wildman–Crippen MR) is 38.0 cm³/mol. The third-order valence-electron chi connectivity index (χ3n) is 1.43. The van der Waals surface area contributed by atoms with Crippen molar-refractivity contribution in [1.29, 1.82) is 0 Å². The van der Waals surface area contributed by atoms with Crippen LogP contribution in [0.2, 0.25) is 0 Å². The van der Waals surface area contributed by atoms with Gasteiger partial charge in [0.2, 0.25) is 5.78 Å². The first-order valence-corrected chi connectivity index (χ1v) is 3.42. The van der Waals surface area contributed by atoms with Crippen LogP contribution in [0.4, 0.5) is 8.78 Å². The highest BCUT2D eigenvalue weighted by Crippen LogP contribution is 2.16. The van der Waals surface area contributed by atoms with E-state index in [2.05, 4.69) is 4.42 Å². The number of ketones is 1. The normalized spacial score (nSPS) is 11.6. The van der Waals surface area contributed by atoms with Crippen molar-refractivity contribution in [2.45, 2.75) is 19.3 Å². The van der Waals surface area contributed by atoms with E-state index in [1.807, 2.05) is 0 Å². The zero-order chi connectivity index (χ0) is 9.19. The Morgan fingerprint density at radius 3 is 2.75 bits per heavy atom. The lowest BCUT2D eigenvalue weighted by Gasteiger charge is -2.06. The number of alkyl halides is 2. The summed E-state index contributed by atoms with van der Waals surface area (Å²) in [6, 6.07) is 1.49. The van der Waals surface area contributed by atoms with Crippen molar-refractivity contribution in [2.24, 2.45) is 0 Å². The van der Waals surface area contributed by atoms with Crippen LogP contribution in [0.15, 0.2) is 23.0 Å². The molecule has 0 saturated carbocycles. The minimum Gasteiger partial charge on any atom is -0.472 e. The van der Waals surface area contributed by atoms with Gasteiger partial charge >= 0.3 is 5.92 Å². The largest absolute Gasteiger partial charge is 0.472 e. The number of furan rings is 1. The van der Waals surface area contributed by atoms with Gasteiger partial charge < -0.3 is 4.42 Å². The first-order chi connectivity index (χ1) is 5.50. The maximum atomic E-state index is 12.3. The molecule has 0 aliphatic rings. The average Bonchev–Trinajstić information content (AvgIpc) is 2.37. The lowest BCUT2D eigenvalue weighted by molar-refractivity contribution is -0.139. The Hall–Kier alpha value is -1.19. The lowest BCUT2D eigenvalue weighted by atomic mass is 10.1. The Bertz CT molecular complexity index is 259. The smallest absolute Gasteiger partial charge is 0.302 e. The number of carbonyl (C=O) groups is 1. The zero-order valence-electron chi connectivity index (χ0n) is 6.51. The summed E-state index contributed by atoms with van der Waals surface area (Å²) < 4.78 is 29.3. The van der Waals surface area contributed by atoms with Gasteiger partial charge in [-0.1, -0.05) is 0 Å². The van der Waals surface area contributed by atoms with Crippen molar-refractivity contribution in [1.82, 2.24) is 0 Å². The van der Waals surface area contributed by atoms with E-state index in [4.69, 9.17) is 0 Å². The fourth-order valence-corrected chi connectivity index (χ4v) is 0.734. The van der Waals surface area contributed by atoms with Crippen molar-refractivity contribution in [3.05, 3.63) is 24.2 Å². The number of hydrogen-bond donors (Lipinski definition) is 0. The van der Waals surface area contributed by atoms with Crippen molar-refractivity contribution < 1.29 is 18.0 Å². The van der Waals surface area contributed by atoms with Gasteiger partial charge in [-0.05, 0) is 11.6 Å². The Kier molecular flexibility index (Phi) is 2.26. The van der Waals surface area contributed by atoms with Crippen LogP contribution in [0.3, 0.4) is 0 Å². The summed E-state index contributed by atoms with van der Waals surface area (Å²) in [5.74, 6) is -4.35. The topological polar surface area (TPSA) is 30.2 Å². The van der Waals surface area contributed by atoms with Crippen LogP contribution < -0.4 is 0 Å². The number of rotatable bonds is 3. The molecule has 1 rings (SSSR count). The molecule has 0 aliphatic carbocycles. The third kappa shape index (κ3) is 2.15.